The molecule has 0 aromatic heterocycles. The fraction of sp³-hybridized carbons (Fsp3) is 0.333. The summed E-state index contributed by atoms with van der Waals surface area (Å²) < 4.78 is 0.934. The van der Waals surface area contributed by atoms with E-state index in [1.165, 1.54) is 0 Å². The van der Waals surface area contributed by atoms with E-state index >= 15 is 0 Å². The zero-order valence-corrected chi connectivity index (χ0v) is 11.5. The number of carbonyl (C=O) groups is 2. The third kappa shape index (κ3) is 5.18. The van der Waals surface area contributed by atoms with Crippen molar-refractivity contribution in [2.24, 2.45) is 5.92 Å². The van der Waals surface area contributed by atoms with E-state index in [2.05, 4.69) is 26.6 Å². The fourth-order valence-electron chi connectivity index (χ4n) is 1.23. The molecule has 0 spiro atoms. The van der Waals surface area contributed by atoms with Gasteiger partial charge in [-0.3, -0.25) is 4.79 Å². The molecule has 0 aliphatic rings. The van der Waals surface area contributed by atoms with Gasteiger partial charge in [-0.2, -0.15) is 0 Å². The quantitative estimate of drug-likeness (QED) is 0.781. The summed E-state index contributed by atoms with van der Waals surface area (Å²) in [6, 6.07) is 6.84. The van der Waals surface area contributed by atoms with Crippen LogP contribution in [0.4, 0.5) is 10.5 Å². The largest absolute Gasteiger partial charge is 0.481 e. The summed E-state index contributed by atoms with van der Waals surface area (Å²) in [6.07, 6.45) is 0.406. The van der Waals surface area contributed by atoms with Crippen LogP contribution in [0.25, 0.3) is 0 Å². The minimum atomic E-state index is -0.856. The van der Waals surface area contributed by atoms with E-state index < -0.39 is 11.9 Å². The van der Waals surface area contributed by atoms with Crippen molar-refractivity contribution < 1.29 is 14.7 Å². The summed E-state index contributed by atoms with van der Waals surface area (Å²) in [6.45, 7) is 1.94. The Morgan fingerprint density at radius 2 is 1.94 bits per heavy atom. The van der Waals surface area contributed by atoms with E-state index in [0.717, 1.165) is 4.47 Å². The maximum atomic E-state index is 11.5. The van der Waals surface area contributed by atoms with Crippen LogP contribution in [0.5, 0.6) is 0 Å². The molecule has 5 nitrogen and oxygen atoms in total. The highest BCUT2D eigenvalue weighted by molar-refractivity contribution is 9.10. The lowest BCUT2D eigenvalue weighted by molar-refractivity contribution is -0.141. The molecule has 0 aliphatic carbocycles. The predicted octanol–water partition coefficient (Wildman–Crippen LogP) is 2.68. The van der Waals surface area contributed by atoms with Gasteiger partial charge in [0.1, 0.15) is 0 Å². The van der Waals surface area contributed by atoms with Crippen LogP contribution in [-0.2, 0) is 4.79 Å². The molecular weight excluding hydrogens is 300 g/mol. The Bertz CT molecular complexity index is 420. The number of rotatable bonds is 5. The maximum Gasteiger partial charge on any atom is 0.319 e. The van der Waals surface area contributed by atoms with Crippen molar-refractivity contribution in [3.05, 3.63) is 28.7 Å². The molecule has 1 unspecified atom stereocenters. The number of hydrogen-bond acceptors (Lipinski definition) is 2. The van der Waals surface area contributed by atoms with Gasteiger partial charge in [-0.25, -0.2) is 4.79 Å². The number of urea groups is 1. The molecule has 1 atom stereocenters. The van der Waals surface area contributed by atoms with Crippen molar-refractivity contribution in [3.8, 4) is 0 Å². The molecule has 1 rings (SSSR count). The Balaban J connectivity index is 2.30. The van der Waals surface area contributed by atoms with Crippen molar-refractivity contribution in [1.82, 2.24) is 5.32 Å². The van der Waals surface area contributed by atoms with Crippen LogP contribution in [0.1, 0.15) is 13.3 Å². The van der Waals surface area contributed by atoms with Crippen molar-refractivity contribution in [2.45, 2.75) is 13.3 Å². The second kappa shape index (κ2) is 7.00. The van der Waals surface area contributed by atoms with E-state index in [1.807, 2.05) is 12.1 Å². The van der Waals surface area contributed by atoms with Gasteiger partial charge in [0.15, 0.2) is 0 Å². The topological polar surface area (TPSA) is 78.4 Å². The van der Waals surface area contributed by atoms with Gasteiger partial charge in [0, 0.05) is 16.7 Å². The monoisotopic (exact) mass is 314 g/mol. The van der Waals surface area contributed by atoms with Gasteiger partial charge in [0.25, 0.3) is 0 Å². The van der Waals surface area contributed by atoms with Gasteiger partial charge >= 0.3 is 12.0 Å². The number of carbonyl (C=O) groups excluding carboxylic acids is 1. The number of carboxylic acids is 1. The first-order valence-electron chi connectivity index (χ1n) is 5.52. The Labute approximate surface area is 114 Å². The van der Waals surface area contributed by atoms with Crippen LogP contribution < -0.4 is 10.6 Å². The van der Waals surface area contributed by atoms with Gasteiger partial charge in [-0.15, -0.1) is 0 Å². The van der Waals surface area contributed by atoms with Crippen molar-refractivity contribution >= 4 is 33.6 Å². The van der Waals surface area contributed by atoms with Crippen molar-refractivity contribution in [1.29, 1.82) is 0 Å². The summed E-state index contributed by atoms with van der Waals surface area (Å²) >= 11 is 3.30. The first kappa shape index (κ1) is 14.5. The predicted molar refractivity (Wildman–Crippen MR) is 72.6 cm³/mol. The number of halogens is 1. The molecule has 0 saturated carbocycles. The zero-order chi connectivity index (χ0) is 13.5. The third-order valence-electron chi connectivity index (χ3n) is 2.39. The molecule has 1 aromatic carbocycles. The molecule has 2 amide bonds. The molecule has 98 valence electrons. The van der Waals surface area contributed by atoms with E-state index in [0.29, 0.717) is 18.7 Å². The van der Waals surface area contributed by atoms with Crippen LogP contribution in [0, 0.1) is 5.92 Å². The number of aliphatic carboxylic acids is 1. The lowest BCUT2D eigenvalue weighted by Crippen LogP contribution is -2.31. The molecule has 0 heterocycles. The summed E-state index contributed by atoms with van der Waals surface area (Å²) in [5.41, 5.74) is 0.682. The van der Waals surface area contributed by atoms with Crippen molar-refractivity contribution in [3.63, 3.8) is 0 Å². The molecule has 0 radical (unpaired) electrons. The van der Waals surface area contributed by atoms with Gasteiger partial charge in [-0.05, 0) is 30.7 Å². The normalized spacial score (nSPS) is 11.7. The average Bonchev–Trinajstić information content (AvgIpc) is 2.32. The lowest BCUT2D eigenvalue weighted by Gasteiger charge is -2.09. The van der Waals surface area contributed by atoms with Gasteiger partial charge in [-0.1, -0.05) is 22.9 Å². The molecule has 0 fully saturated rings. The third-order valence-corrected chi connectivity index (χ3v) is 2.92. The van der Waals surface area contributed by atoms with Gasteiger partial charge < -0.3 is 15.7 Å². The number of carboxylic acid groups (broad SMARTS) is 1. The molecule has 0 aliphatic heterocycles. The molecule has 18 heavy (non-hydrogen) atoms. The molecular formula is C12H15BrN2O3. The Morgan fingerprint density at radius 1 is 1.33 bits per heavy atom. The highest BCUT2D eigenvalue weighted by atomic mass is 79.9. The molecule has 0 saturated heterocycles. The fourth-order valence-corrected chi connectivity index (χ4v) is 1.50. The van der Waals surface area contributed by atoms with E-state index in [1.54, 1.807) is 19.1 Å². The Morgan fingerprint density at radius 3 is 2.50 bits per heavy atom. The number of amides is 2. The first-order valence-corrected chi connectivity index (χ1v) is 6.31. The molecule has 0 bridgehead atoms. The van der Waals surface area contributed by atoms with Crippen LogP contribution in [-0.4, -0.2) is 23.7 Å². The zero-order valence-electron chi connectivity index (χ0n) is 9.94. The first-order chi connectivity index (χ1) is 8.49. The van der Waals surface area contributed by atoms with E-state index in [4.69, 9.17) is 5.11 Å². The summed E-state index contributed by atoms with van der Waals surface area (Å²) in [7, 11) is 0. The number of hydrogen-bond donors (Lipinski definition) is 3. The van der Waals surface area contributed by atoms with Gasteiger partial charge in [0.2, 0.25) is 0 Å². The maximum absolute atomic E-state index is 11.5. The van der Waals surface area contributed by atoms with Crippen LogP contribution in [0.2, 0.25) is 0 Å². The smallest absolute Gasteiger partial charge is 0.319 e. The molecule has 6 heteroatoms. The highest BCUT2D eigenvalue weighted by Crippen LogP contribution is 2.13. The average molecular weight is 315 g/mol. The van der Waals surface area contributed by atoms with E-state index in [-0.39, 0.29) is 6.03 Å². The number of nitrogens with one attached hydrogen (secondary N) is 2. The second-order valence-corrected chi connectivity index (χ2v) is 4.83. The molecule has 3 N–H and O–H groups in total. The highest BCUT2D eigenvalue weighted by Gasteiger charge is 2.10. The summed E-state index contributed by atoms with van der Waals surface area (Å²) in [4.78, 5) is 22.0. The Hall–Kier alpha value is -1.56. The number of benzene rings is 1. The standard InChI is InChI=1S/C12H15BrN2O3/c1-8(11(16)17)6-7-14-12(18)15-10-4-2-9(13)3-5-10/h2-5,8H,6-7H2,1H3,(H,16,17)(H2,14,15,18). The van der Waals surface area contributed by atoms with Crippen LogP contribution >= 0.6 is 15.9 Å². The summed E-state index contributed by atoms with van der Waals surface area (Å²) in [5, 5.41) is 13.9. The van der Waals surface area contributed by atoms with E-state index in [9.17, 15) is 9.59 Å². The summed E-state index contributed by atoms with van der Waals surface area (Å²) in [5.74, 6) is -1.32. The Kier molecular flexibility index (Phi) is 5.64. The van der Waals surface area contributed by atoms with Crippen LogP contribution in [0.3, 0.4) is 0 Å². The minimum absolute atomic E-state index is 0.329. The minimum Gasteiger partial charge on any atom is -0.481 e. The van der Waals surface area contributed by atoms with Crippen molar-refractivity contribution in [2.75, 3.05) is 11.9 Å². The van der Waals surface area contributed by atoms with Crippen LogP contribution in [0.15, 0.2) is 28.7 Å². The second-order valence-electron chi connectivity index (χ2n) is 3.92. The lowest BCUT2D eigenvalue weighted by atomic mass is 10.1. The molecule has 1 aromatic rings. The van der Waals surface area contributed by atoms with Gasteiger partial charge in [0.05, 0.1) is 5.92 Å². The number of anilines is 1. The SMILES string of the molecule is CC(CCNC(=O)Nc1ccc(Br)cc1)C(=O)O.